The van der Waals surface area contributed by atoms with Gasteiger partial charge in [0.05, 0.1) is 5.69 Å². The highest BCUT2D eigenvalue weighted by atomic mass is 19.1. The van der Waals surface area contributed by atoms with Gasteiger partial charge in [0, 0.05) is 48.8 Å². The second-order valence-corrected chi connectivity index (χ2v) is 8.87. The summed E-state index contributed by atoms with van der Waals surface area (Å²) in [6, 6.07) is 5.31. The number of halogens is 1. The molecule has 162 valence electrons. The van der Waals surface area contributed by atoms with Gasteiger partial charge in [-0.3, -0.25) is 9.78 Å². The predicted molar refractivity (Wildman–Crippen MR) is 119 cm³/mol. The Balaban J connectivity index is 1.81. The lowest BCUT2D eigenvalue weighted by atomic mass is 9.88. The van der Waals surface area contributed by atoms with Gasteiger partial charge >= 0.3 is 0 Å². The van der Waals surface area contributed by atoms with Crippen molar-refractivity contribution in [3.05, 3.63) is 52.6 Å². The largest absolute Gasteiger partial charge is 0.365 e. The molecule has 1 aromatic heterocycles. The molecule has 1 saturated carbocycles. The number of rotatable bonds is 7. The molecule has 5 nitrogen and oxygen atoms in total. The minimum Gasteiger partial charge on any atom is -0.365 e. The van der Waals surface area contributed by atoms with Gasteiger partial charge in [0.15, 0.2) is 5.67 Å². The molecule has 1 aromatic rings. The molecular weight excluding hydrogens is 379 g/mol. The van der Waals surface area contributed by atoms with E-state index in [9.17, 15) is 4.79 Å². The van der Waals surface area contributed by atoms with Gasteiger partial charge in [0.1, 0.15) is 5.82 Å². The van der Waals surface area contributed by atoms with Crippen molar-refractivity contribution in [3.8, 4) is 0 Å². The van der Waals surface area contributed by atoms with Crippen LogP contribution in [-0.4, -0.2) is 41.1 Å². The summed E-state index contributed by atoms with van der Waals surface area (Å²) < 4.78 is 15.4. The van der Waals surface area contributed by atoms with Crippen LogP contribution in [0.15, 0.2) is 51.9 Å². The van der Waals surface area contributed by atoms with Gasteiger partial charge in [-0.2, -0.15) is 0 Å². The fraction of sp³-hybridized carbons (Fsp3) is 0.542. The molecule has 6 heteroatoms. The first-order chi connectivity index (χ1) is 14.2. The van der Waals surface area contributed by atoms with Crippen LogP contribution in [0.5, 0.6) is 0 Å². The summed E-state index contributed by atoms with van der Waals surface area (Å²) in [6.07, 6.45) is 4.95. The Morgan fingerprint density at radius 1 is 1.27 bits per heavy atom. The summed E-state index contributed by atoms with van der Waals surface area (Å²) >= 11 is 0. The number of hydrogen-bond donors (Lipinski definition) is 1. The van der Waals surface area contributed by atoms with Crippen molar-refractivity contribution in [1.82, 2.24) is 15.2 Å². The van der Waals surface area contributed by atoms with Gasteiger partial charge in [-0.15, -0.1) is 0 Å². The Morgan fingerprint density at radius 3 is 2.40 bits per heavy atom. The second-order valence-electron chi connectivity index (χ2n) is 8.87. The van der Waals surface area contributed by atoms with Crippen molar-refractivity contribution in [2.75, 3.05) is 13.1 Å². The average molecular weight is 413 g/mol. The number of piperidine rings is 1. The van der Waals surface area contributed by atoms with E-state index in [4.69, 9.17) is 0 Å². The molecule has 0 aromatic carbocycles. The normalized spacial score (nSPS) is 20.1. The van der Waals surface area contributed by atoms with Gasteiger partial charge in [-0.1, -0.05) is 18.6 Å². The molecule has 0 radical (unpaired) electrons. The molecule has 0 unspecified atom stereocenters. The van der Waals surface area contributed by atoms with Crippen LogP contribution < -0.4 is 5.32 Å². The first kappa shape index (κ1) is 22.2. The van der Waals surface area contributed by atoms with E-state index in [1.165, 1.54) is 0 Å². The van der Waals surface area contributed by atoms with Crippen LogP contribution in [-0.2, 0) is 10.5 Å². The summed E-state index contributed by atoms with van der Waals surface area (Å²) in [7, 11) is 0. The molecule has 1 aliphatic carbocycles. The van der Waals surface area contributed by atoms with Crippen molar-refractivity contribution in [2.45, 2.75) is 71.0 Å². The van der Waals surface area contributed by atoms with Crippen LogP contribution >= 0.6 is 0 Å². The van der Waals surface area contributed by atoms with Crippen LogP contribution in [0, 0.1) is 0 Å². The molecular formula is C24H33FN4O. The number of alkyl halides is 1. The number of hydrogen-bond acceptors (Lipinski definition) is 4. The third-order valence-corrected chi connectivity index (χ3v) is 6.20. The van der Waals surface area contributed by atoms with Gasteiger partial charge in [0.2, 0.25) is 0 Å². The Kier molecular flexibility index (Phi) is 6.44. The fourth-order valence-corrected chi connectivity index (χ4v) is 4.02. The molecule has 3 rings (SSSR count). The number of allylic oxidation sites excluding steroid dienone is 1. The van der Waals surface area contributed by atoms with Crippen LogP contribution in [0.2, 0.25) is 0 Å². The van der Waals surface area contributed by atoms with Crippen molar-refractivity contribution in [2.24, 2.45) is 4.99 Å². The highest BCUT2D eigenvalue weighted by Gasteiger charge is 2.41. The predicted octanol–water partition coefficient (Wildman–Crippen LogP) is 4.67. The maximum atomic E-state index is 15.4. The molecule has 30 heavy (non-hydrogen) atoms. The first-order valence-electron chi connectivity index (χ1n) is 10.8. The van der Waals surface area contributed by atoms with Crippen LogP contribution in [0.25, 0.3) is 0 Å². The number of aromatic nitrogens is 1. The van der Waals surface area contributed by atoms with Gasteiger partial charge in [-0.25, -0.2) is 9.38 Å². The first-order valence-corrected chi connectivity index (χ1v) is 10.8. The molecule has 2 aliphatic rings. The number of aliphatic imine (C=N–C) groups is 1. The Morgan fingerprint density at radius 2 is 1.93 bits per heavy atom. The summed E-state index contributed by atoms with van der Waals surface area (Å²) in [5, 5.41) is 3.47. The van der Waals surface area contributed by atoms with E-state index >= 15 is 4.39 Å². The lowest BCUT2D eigenvalue weighted by molar-refractivity contribution is -0.129. The number of likely N-dealkylation sites (tertiary alicyclic amines) is 1. The monoisotopic (exact) mass is 412 g/mol. The number of carbonyl (C=O) groups excluding carboxylic acids is 1. The van der Waals surface area contributed by atoms with E-state index in [1.807, 2.05) is 20.8 Å². The number of nitrogens with zero attached hydrogens (tertiary/aromatic N) is 3. The third-order valence-electron chi connectivity index (χ3n) is 6.20. The Labute approximate surface area is 179 Å². The third kappa shape index (κ3) is 4.63. The fourth-order valence-electron chi connectivity index (χ4n) is 4.02. The minimum absolute atomic E-state index is 0.0361. The smallest absolute Gasteiger partial charge is 0.254 e. The molecule has 0 spiro atoms. The lowest BCUT2D eigenvalue weighted by Crippen LogP contribution is -2.44. The number of nitrogens with one attached hydrogen (secondary N) is 1. The number of amides is 1. The van der Waals surface area contributed by atoms with Crippen molar-refractivity contribution < 1.29 is 9.18 Å². The van der Waals surface area contributed by atoms with Gasteiger partial charge < -0.3 is 10.2 Å². The van der Waals surface area contributed by atoms with Crippen LogP contribution in [0.1, 0.15) is 65.5 Å². The molecule has 1 saturated heterocycles. The Bertz CT molecular complexity index is 858. The molecule has 2 heterocycles. The summed E-state index contributed by atoms with van der Waals surface area (Å²) in [5.74, 6) is 0.631. The van der Waals surface area contributed by atoms with Gasteiger partial charge in [0.25, 0.3) is 5.91 Å². The maximum absolute atomic E-state index is 15.4. The van der Waals surface area contributed by atoms with Crippen LogP contribution in [0.4, 0.5) is 4.39 Å². The zero-order chi connectivity index (χ0) is 21.9. The van der Waals surface area contributed by atoms with E-state index in [0.29, 0.717) is 36.6 Å². The van der Waals surface area contributed by atoms with E-state index in [2.05, 4.69) is 28.9 Å². The summed E-state index contributed by atoms with van der Waals surface area (Å²) in [5.41, 5.74) is 1.48. The van der Waals surface area contributed by atoms with E-state index in [-0.39, 0.29) is 24.3 Å². The van der Waals surface area contributed by atoms with Crippen molar-refractivity contribution in [3.63, 3.8) is 0 Å². The van der Waals surface area contributed by atoms with Gasteiger partial charge in [-0.05, 0) is 58.9 Å². The quantitative estimate of drug-likeness (QED) is 0.402. The average Bonchev–Trinajstić information content (AvgIpc) is 3.48. The maximum Gasteiger partial charge on any atom is 0.254 e. The number of carbonyl (C=O) groups is 1. The van der Waals surface area contributed by atoms with E-state index in [1.54, 1.807) is 29.3 Å². The molecule has 1 aliphatic heterocycles. The highest BCUT2D eigenvalue weighted by Crippen LogP contribution is 2.38. The van der Waals surface area contributed by atoms with E-state index < -0.39 is 5.67 Å². The van der Waals surface area contributed by atoms with Crippen molar-refractivity contribution >= 4 is 12.6 Å². The zero-order valence-electron chi connectivity index (χ0n) is 18.6. The molecule has 2 fully saturated rings. The lowest BCUT2D eigenvalue weighted by Gasteiger charge is -2.37. The molecule has 0 atom stereocenters. The van der Waals surface area contributed by atoms with E-state index in [0.717, 1.165) is 24.0 Å². The number of pyridine rings is 1. The highest BCUT2D eigenvalue weighted by molar-refractivity contribution is 5.98. The minimum atomic E-state index is -1.48. The second kappa shape index (κ2) is 8.70. The molecule has 1 N–H and O–H groups in total. The summed E-state index contributed by atoms with van der Waals surface area (Å²) in [6.45, 7) is 12.5. The standard InChI is InChI=1S/C24H33FN4O/c1-6-18(21(26-5)28-23(4)10-11-23)20(17(2)3)22(30)29-15-12-24(25,13-16-29)19-9-7-8-14-27-19/h7-9,14,28H,5-6,10-13,15-16H2,1-4H3/b21-18-. The SMILES string of the molecule is C=N/C(NC1(C)CC1)=C(\CC)C(C(=O)N1CCC(F)(c2ccccn2)CC1)=C(C)C. The molecule has 0 bridgehead atoms. The van der Waals surface area contributed by atoms with Crippen LogP contribution in [0.3, 0.4) is 0 Å². The molecule has 1 amide bonds. The Hall–Kier alpha value is -2.50. The zero-order valence-corrected chi connectivity index (χ0v) is 18.6. The topological polar surface area (TPSA) is 57.6 Å². The summed E-state index contributed by atoms with van der Waals surface area (Å²) in [4.78, 5) is 23.7. The van der Waals surface area contributed by atoms with Crippen molar-refractivity contribution in [1.29, 1.82) is 0 Å².